The van der Waals surface area contributed by atoms with Crippen LogP contribution in [-0.4, -0.2) is 36.4 Å². The van der Waals surface area contributed by atoms with Crippen LogP contribution in [0.5, 0.6) is 0 Å². The predicted octanol–water partition coefficient (Wildman–Crippen LogP) is 1.40. The number of hydrogen-bond acceptors (Lipinski definition) is 5. The smallest absolute Gasteiger partial charge is 0.338 e. The number of aliphatic hydroxyl groups excluding tert-OH is 1. The molecular weight excluding hydrogens is 236 g/mol. The van der Waals surface area contributed by atoms with E-state index in [4.69, 9.17) is 9.47 Å². The normalized spacial score (nSPS) is 11.9. The summed E-state index contributed by atoms with van der Waals surface area (Å²) in [6, 6.07) is 5.98. The molecule has 0 spiro atoms. The molecule has 0 aliphatic carbocycles. The summed E-state index contributed by atoms with van der Waals surface area (Å²) < 4.78 is 9.62. The Morgan fingerprint density at radius 2 is 1.89 bits per heavy atom. The summed E-state index contributed by atoms with van der Waals surface area (Å²) in [6.07, 6.45) is -1.51. The number of aliphatic hydroxyl groups is 1. The third kappa shape index (κ3) is 3.65. The first-order chi connectivity index (χ1) is 8.60. The van der Waals surface area contributed by atoms with Crippen LogP contribution < -0.4 is 0 Å². The Hall–Kier alpha value is -1.72. The van der Waals surface area contributed by atoms with Crippen LogP contribution in [0.3, 0.4) is 0 Å². The number of esters is 1. The van der Waals surface area contributed by atoms with Crippen molar-refractivity contribution < 1.29 is 24.2 Å². The first kappa shape index (κ1) is 14.3. The lowest BCUT2D eigenvalue weighted by Gasteiger charge is -2.10. The molecule has 18 heavy (non-hydrogen) atoms. The summed E-state index contributed by atoms with van der Waals surface area (Å²) in [5.41, 5.74) is 0.480. The number of rotatable bonds is 6. The average molecular weight is 252 g/mol. The topological polar surface area (TPSA) is 72.8 Å². The zero-order valence-corrected chi connectivity index (χ0v) is 10.4. The summed E-state index contributed by atoms with van der Waals surface area (Å²) in [6.45, 7) is 3.86. The molecule has 0 aromatic heterocycles. The van der Waals surface area contributed by atoms with Crippen molar-refractivity contribution in [1.29, 1.82) is 0 Å². The molecule has 0 bridgehead atoms. The molecule has 5 heteroatoms. The van der Waals surface area contributed by atoms with Gasteiger partial charge in [0, 0.05) is 12.2 Å². The van der Waals surface area contributed by atoms with Crippen molar-refractivity contribution in [2.45, 2.75) is 20.1 Å². The van der Waals surface area contributed by atoms with Crippen molar-refractivity contribution >= 4 is 11.8 Å². The molecule has 1 rings (SSSR count). The van der Waals surface area contributed by atoms with E-state index >= 15 is 0 Å². The van der Waals surface area contributed by atoms with Crippen molar-refractivity contribution in [3.8, 4) is 0 Å². The summed E-state index contributed by atoms with van der Waals surface area (Å²) in [7, 11) is 0. The summed E-state index contributed by atoms with van der Waals surface area (Å²) >= 11 is 0. The van der Waals surface area contributed by atoms with Gasteiger partial charge in [-0.25, -0.2) is 4.79 Å². The highest BCUT2D eigenvalue weighted by atomic mass is 16.6. The fourth-order valence-corrected chi connectivity index (χ4v) is 1.39. The van der Waals surface area contributed by atoms with Gasteiger partial charge in [-0.1, -0.05) is 12.1 Å². The Kier molecular flexibility index (Phi) is 5.48. The largest absolute Gasteiger partial charge is 0.462 e. The lowest BCUT2D eigenvalue weighted by molar-refractivity contribution is -0.0675. The van der Waals surface area contributed by atoms with Crippen LogP contribution in [0.25, 0.3) is 0 Å². The van der Waals surface area contributed by atoms with Gasteiger partial charge in [-0.3, -0.25) is 4.79 Å². The number of ketones is 1. The number of carbonyl (C=O) groups excluding carboxylic acids is 2. The molecule has 0 radical (unpaired) electrons. The molecule has 0 saturated heterocycles. The molecule has 1 aromatic rings. The van der Waals surface area contributed by atoms with E-state index in [0.717, 1.165) is 0 Å². The molecule has 98 valence electrons. The Bertz CT molecular complexity index is 427. The van der Waals surface area contributed by atoms with Crippen LogP contribution in [-0.2, 0) is 9.47 Å². The number of carbonyl (C=O) groups is 2. The van der Waals surface area contributed by atoms with E-state index < -0.39 is 18.0 Å². The van der Waals surface area contributed by atoms with Crippen LogP contribution in [0.1, 0.15) is 34.6 Å². The first-order valence-electron chi connectivity index (χ1n) is 5.71. The minimum Gasteiger partial charge on any atom is -0.462 e. The van der Waals surface area contributed by atoms with Crippen LogP contribution >= 0.6 is 0 Å². The zero-order chi connectivity index (χ0) is 13.5. The molecule has 1 atom stereocenters. The molecule has 1 aromatic carbocycles. The van der Waals surface area contributed by atoms with Crippen molar-refractivity contribution in [3.63, 3.8) is 0 Å². The molecule has 0 aliphatic rings. The fraction of sp³-hybridized carbons (Fsp3) is 0.385. The van der Waals surface area contributed by atoms with Gasteiger partial charge in [0.25, 0.3) is 0 Å². The maximum atomic E-state index is 11.7. The van der Waals surface area contributed by atoms with Crippen LogP contribution in [0, 0.1) is 0 Å². The summed E-state index contributed by atoms with van der Waals surface area (Å²) in [5.74, 6) is -1.08. The Labute approximate surface area is 105 Å². The quantitative estimate of drug-likeness (QED) is 0.470. The lowest BCUT2D eigenvalue weighted by Crippen LogP contribution is -2.24. The van der Waals surface area contributed by atoms with E-state index in [1.807, 2.05) is 0 Å². The molecule has 0 aliphatic heterocycles. The highest BCUT2D eigenvalue weighted by Crippen LogP contribution is 2.10. The average Bonchev–Trinajstić information content (AvgIpc) is 2.38. The van der Waals surface area contributed by atoms with Crippen molar-refractivity contribution in [2.24, 2.45) is 0 Å². The zero-order valence-electron chi connectivity index (χ0n) is 10.4. The predicted molar refractivity (Wildman–Crippen MR) is 64.4 cm³/mol. The van der Waals surface area contributed by atoms with Gasteiger partial charge in [-0.05, 0) is 26.0 Å². The van der Waals surface area contributed by atoms with Gasteiger partial charge in [-0.2, -0.15) is 0 Å². The SMILES string of the molecule is CCOC(=O)c1cccc(C(=O)C(O)OCC)c1. The van der Waals surface area contributed by atoms with Crippen molar-refractivity contribution in [3.05, 3.63) is 35.4 Å². The van der Waals surface area contributed by atoms with Gasteiger partial charge < -0.3 is 14.6 Å². The van der Waals surface area contributed by atoms with Crippen LogP contribution in [0.2, 0.25) is 0 Å². The molecule has 0 fully saturated rings. The molecular formula is C13H16O5. The lowest BCUT2D eigenvalue weighted by atomic mass is 10.1. The highest BCUT2D eigenvalue weighted by Gasteiger charge is 2.18. The second-order valence-corrected chi connectivity index (χ2v) is 3.47. The Balaban J connectivity index is 2.88. The number of ether oxygens (including phenoxy) is 2. The highest BCUT2D eigenvalue weighted by molar-refractivity contribution is 6.00. The third-order valence-corrected chi connectivity index (χ3v) is 2.21. The second-order valence-electron chi connectivity index (χ2n) is 3.47. The second kappa shape index (κ2) is 6.88. The first-order valence-corrected chi connectivity index (χ1v) is 5.71. The molecule has 0 amide bonds. The Morgan fingerprint density at radius 1 is 1.22 bits per heavy atom. The van der Waals surface area contributed by atoms with Gasteiger partial charge in [-0.15, -0.1) is 0 Å². The van der Waals surface area contributed by atoms with Gasteiger partial charge in [0.2, 0.25) is 12.1 Å². The van der Waals surface area contributed by atoms with Crippen molar-refractivity contribution in [2.75, 3.05) is 13.2 Å². The van der Waals surface area contributed by atoms with Gasteiger partial charge in [0.15, 0.2) is 0 Å². The minimum atomic E-state index is -1.51. The fourth-order valence-electron chi connectivity index (χ4n) is 1.39. The molecule has 1 N–H and O–H groups in total. The molecule has 0 heterocycles. The maximum Gasteiger partial charge on any atom is 0.338 e. The number of Topliss-reactive ketones (excluding diaryl/α,β-unsaturated/α-hetero) is 1. The van der Waals surface area contributed by atoms with Gasteiger partial charge >= 0.3 is 5.97 Å². The number of hydrogen-bond donors (Lipinski definition) is 1. The maximum absolute atomic E-state index is 11.7. The molecule has 1 unspecified atom stereocenters. The van der Waals surface area contributed by atoms with Crippen LogP contribution in [0.15, 0.2) is 24.3 Å². The van der Waals surface area contributed by atoms with E-state index in [1.54, 1.807) is 26.0 Å². The van der Waals surface area contributed by atoms with E-state index in [9.17, 15) is 14.7 Å². The van der Waals surface area contributed by atoms with Gasteiger partial charge in [0.1, 0.15) is 0 Å². The van der Waals surface area contributed by atoms with Gasteiger partial charge in [0.05, 0.1) is 12.2 Å². The number of benzene rings is 1. The molecule has 0 saturated carbocycles. The van der Waals surface area contributed by atoms with Crippen LogP contribution in [0.4, 0.5) is 0 Å². The summed E-state index contributed by atoms with van der Waals surface area (Å²) in [5, 5.41) is 9.42. The minimum absolute atomic E-state index is 0.210. The standard InChI is InChI=1S/C13H16O5/c1-3-17-12(15)10-7-5-6-9(8-10)11(14)13(16)18-4-2/h5-8,13,16H,3-4H2,1-2H3. The van der Waals surface area contributed by atoms with E-state index in [1.165, 1.54) is 12.1 Å². The van der Waals surface area contributed by atoms with E-state index in [-0.39, 0.29) is 24.3 Å². The summed E-state index contributed by atoms with van der Waals surface area (Å²) in [4.78, 5) is 23.2. The van der Waals surface area contributed by atoms with Crippen molar-refractivity contribution in [1.82, 2.24) is 0 Å². The molecule has 5 nitrogen and oxygen atoms in total. The monoisotopic (exact) mass is 252 g/mol. The van der Waals surface area contributed by atoms with E-state index in [0.29, 0.717) is 0 Å². The van der Waals surface area contributed by atoms with E-state index in [2.05, 4.69) is 0 Å². The Morgan fingerprint density at radius 3 is 2.50 bits per heavy atom. The third-order valence-electron chi connectivity index (χ3n) is 2.21.